The number of rotatable bonds is 9. The standard InChI is InChI=1S/C29H38O9/c1-16(19(4)37-14-31)9-22-17(2)11-27-18(3)12-28(38-15-32)23(26(28,5)6)21(25(27)34)10-20(13-36-8-7-30)24(33)29(22,27)35/h10-11,14-16,18-19,21-24,30,33,35H,9,12-13H2,1-6H3/t16?,18-,19?,21+,22+,23?,24-,27+,28-,29-/m1/s1. The smallest absolute Gasteiger partial charge is 0.293 e. The lowest BCUT2D eigenvalue weighted by Gasteiger charge is -2.50. The van der Waals surface area contributed by atoms with E-state index in [1.54, 1.807) is 19.1 Å². The monoisotopic (exact) mass is 530 g/mol. The molecule has 38 heavy (non-hydrogen) atoms. The third-order valence-corrected chi connectivity index (χ3v) is 10.4. The van der Waals surface area contributed by atoms with Crippen LogP contribution < -0.4 is 0 Å². The first-order valence-corrected chi connectivity index (χ1v) is 13.1. The summed E-state index contributed by atoms with van der Waals surface area (Å²) in [5.74, 6) is -2.70. The number of ketones is 1. The van der Waals surface area contributed by atoms with E-state index in [9.17, 15) is 24.6 Å². The molecule has 2 bridgehead atoms. The van der Waals surface area contributed by atoms with Crippen LogP contribution in [0, 0.1) is 52.6 Å². The average Bonchev–Trinajstić information content (AvgIpc) is 3.26. The first-order valence-electron chi connectivity index (χ1n) is 13.1. The molecule has 3 N–H and O–H groups in total. The van der Waals surface area contributed by atoms with Crippen molar-refractivity contribution in [3.05, 3.63) is 23.3 Å². The van der Waals surface area contributed by atoms with Gasteiger partial charge in [0.15, 0.2) is 18.0 Å². The van der Waals surface area contributed by atoms with E-state index in [2.05, 4.69) is 6.11 Å². The van der Waals surface area contributed by atoms with Crippen LogP contribution in [0.5, 0.6) is 0 Å². The Kier molecular flexibility index (Phi) is 6.99. The summed E-state index contributed by atoms with van der Waals surface area (Å²) < 4.78 is 16.2. The fraction of sp³-hybridized carbons (Fsp3) is 0.690. The van der Waals surface area contributed by atoms with Crippen LogP contribution >= 0.6 is 0 Å². The van der Waals surface area contributed by atoms with E-state index in [-0.39, 0.29) is 29.8 Å². The quantitative estimate of drug-likeness (QED) is 0.233. The number of carbonyl (C=O) groups is 3. The molecule has 0 amide bonds. The molecule has 0 aromatic rings. The summed E-state index contributed by atoms with van der Waals surface area (Å²) >= 11 is 0. The number of fused-ring (bicyclic) bond motifs is 3. The van der Waals surface area contributed by atoms with Crippen molar-refractivity contribution >= 4 is 18.7 Å². The van der Waals surface area contributed by atoms with E-state index < -0.39 is 52.0 Å². The molecule has 4 aliphatic carbocycles. The van der Waals surface area contributed by atoms with Gasteiger partial charge in [0.1, 0.15) is 30.0 Å². The summed E-state index contributed by atoms with van der Waals surface area (Å²) in [5, 5.41) is 33.6. The molecule has 0 aromatic heterocycles. The summed E-state index contributed by atoms with van der Waals surface area (Å²) in [6.07, 6.45) is 5.96. The highest BCUT2D eigenvalue weighted by atomic mass is 16.5. The van der Waals surface area contributed by atoms with Crippen molar-refractivity contribution in [1.29, 1.82) is 0 Å². The predicted octanol–water partition coefficient (Wildman–Crippen LogP) is 2.27. The summed E-state index contributed by atoms with van der Waals surface area (Å²) in [7, 11) is 0. The normalized spacial score (nSPS) is 41.8. The van der Waals surface area contributed by atoms with Crippen molar-refractivity contribution in [2.45, 2.75) is 77.8 Å². The Bertz CT molecular complexity index is 1130. The largest absolute Gasteiger partial charge is 0.465 e. The number of carbonyl (C=O) groups excluding carboxylic acids is 3. The Morgan fingerprint density at radius 3 is 2.53 bits per heavy atom. The van der Waals surface area contributed by atoms with Gasteiger partial charge in [-0.25, -0.2) is 0 Å². The summed E-state index contributed by atoms with van der Waals surface area (Å²) in [4.78, 5) is 37.3. The number of aliphatic hydroxyl groups is 3. The molecule has 0 aromatic carbocycles. The SMILES string of the molecule is CC1=C[C@]23C(=O)[C@@H](C=C(COC#CO)[C@@H](O)[C@]2(O)[C@H]1CC(C)C(C)OC=O)C1C(C)(C)[C@@]1(OC=O)C[C@H]3C. The molecular formula is C29H38O9. The maximum Gasteiger partial charge on any atom is 0.293 e. The van der Waals surface area contributed by atoms with Crippen molar-refractivity contribution < 1.29 is 43.9 Å². The first-order chi connectivity index (χ1) is 17.8. The summed E-state index contributed by atoms with van der Waals surface area (Å²) in [5.41, 5.74) is -3.82. The molecule has 0 heterocycles. The highest BCUT2D eigenvalue weighted by molar-refractivity contribution is 5.95. The number of hydrogen-bond donors (Lipinski definition) is 3. The van der Waals surface area contributed by atoms with Crippen molar-refractivity contribution in [3.8, 4) is 12.2 Å². The fourth-order valence-electron chi connectivity index (χ4n) is 8.27. The third kappa shape index (κ3) is 3.49. The van der Waals surface area contributed by atoms with Crippen molar-refractivity contribution in [2.75, 3.05) is 6.61 Å². The highest BCUT2D eigenvalue weighted by Gasteiger charge is 2.82. The highest BCUT2D eigenvalue weighted by Crippen LogP contribution is 2.75. The van der Waals surface area contributed by atoms with Crippen LogP contribution in [0.2, 0.25) is 0 Å². The molecular weight excluding hydrogens is 492 g/mol. The second kappa shape index (κ2) is 9.42. The summed E-state index contributed by atoms with van der Waals surface area (Å²) in [6, 6.07) is 0. The van der Waals surface area contributed by atoms with E-state index in [1.807, 2.05) is 40.7 Å². The number of hydrogen-bond acceptors (Lipinski definition) is 9. The van der Waals surface area contributed by atoms with Crippen LogP contribution in [0.4, 0.5) is 0 Å². The Balaban J connectivity index is 1.91. The molecule has 208 valence electrons. The Labute approximate surface area is 223 Å². The van der Waals surface area contributed by atoms with E-state index in [0.29, 0.717) is 25.8 Å². The van der Waals surface area contributed by atoms with Gasteiger partial charge < -0.3 is 29.5 Å². The predicted molar refractivity (Wildman–Crippen MR) is 134 cm³/mol. The lowest BCUT2D eigenvalue weighted by Crippen LogP contribution is -2.63. The maximum absolute atomic E-state index is 14.7. The van der Waals surface area contributed by atoms with Gasteiger partial charge in [0.25, 0.3) is 12.9 Å². The Morgan fingerprint density at radius 2 is 1.92 bits per heavy atom. The summed E-state index contributed by atoms with van der Waals surface area (Å²) in [6.45, 7) is 11.9. The van der Waals surface area contributed by atoms with Crippen LogP contribution in [0.25, 0.3) is 0 Å². The molecule has 2 saturated carbocycles. The number of ether oxygens (including phenoxy) is 3. The minimum Gasteiger partial charge on any atom is -0.465 e. The second-order valence-corrected chi connectivity index (χ2v) is 12.2. The molecule has 10 atom stereocenters. The lowest BCUT2D eigenvalue weighted by atomic mass is 9.56. The molecule has 0 aliphatic heterocycles. The van der Waals surface area contributed by atoms with E-state index >= 15 is 0 Å². The molecule has 4 rings (SSSR count). The van der Waals surface area contributed by atoms with Crippen molar-refractivity contribution in [1.82, 2.24) is 0 Å². The van der Waals surface area contributed by atoms with Gasteiger partial charge in [0.2, 0.25) is 0 Å². The van der Waals surface area contributed by atoms with Crippen LogP contribution in [0.1, 0.15) is 54.4 Å². The Hall–Kier alpha value is -2.83. The molecule has 1 spiro atoms. The molecule has 3 unspecified atom stereocenters. The molecule has 9 nitrogen and oxygen atoms in total. The minimum absolute atomic E-state index is 0.198. The van der Waals surface area contributed by atoms with Crippen LogP contribution in [0.3, 0.4) is 0 Å². The van der Waals surface area contributed by atoms with Gasteiger partial charge in [-0.15, -0.1) is 0 Å². The first kappa shape index (κ1) is 28.2. The van der Waals surface area contributed by atoms with Crippen LogP contribution in [0.15, 0.2) is 23.3 Å². The Morgan fingerprint density at radius 1 is 1.24 bits per heavy atom. The fourth-order valence-corrected chi connectivity index (χ4v) is 8.27. The maximum atomic E-state index is 14.7. The number of aliphatic hydroxyl groups excluding tert-OH is 2. The van der Waals surface area contributed by atoms with Gasteiger partial charge in [-0.05, 0) is 44.1 Å². The van der Waals surface area contributed by atoms with Gasteiger partial charge >= 0.3 is 0 Å². The molecule has 2 fully saturated rings. The second-order valence-electron chi connectivity index (χ2n) is 12.2. The lowest BCUT2D eigenvalue weighted by molar-refractivity contribution is -0.181. The third-order valence-electron chi connectivity index (χ3n) is 10.4. The van der Waals surface area contributed by atoms with Gasteiger partial charge in [0, 0.05) is 23.2 Å². The van der Waals surface area contributed by atoms with Gasteiger partial charge in [-0.2, -0.15) is 0 Å². The van der Waals surface area contributed by atoms with Gasteiger partial charge in [0.05, 0.1) is 5.41 Å². The zero-order valence-corrected chi connectivity index (χ0v) is 22.8. The topological polar surface area (TPSA) is 140 Å². The van der Waals surface area contributed by atoms with Crippen LogP contribution in [-0.4, -0.2) is 64.1 Å². The van der Waals surface area contributed by atoms with E-state index in [4.69, 9.17) is 19.3 Å². The average molecular weight is 531 g/mol. The number of allylic oxidation sites excluding steroid dienone is 1. The molecule has 9 heteroatoms. The van der Waals surface area contributed by atoms with Crippen LogP contribution in [-0.2, 0) is 28.6 Å². The molecule has 0 radical (unpaired) electrons. The minimum atomic E-state index is -1.96. The molecule has 0 saturated heterocycles. The zero-order valence-electron chi connectivity index (χ0n) is 22.8. The van der Waals surface area contributed by atoms with Crippen molar-refractivity contribution in [3.63, 3.8) is 0 Å². The van der Waals surface area contributed by atoms with Gasteiger partial charge in [-0.1, -0.05) is 45.4 Å². The number of Topliss-reactive ketones (excluding diaryl/α,β-unsaturated/α-hetero) is 1. The van der Waals surface area contributed by atoms with Gasteiger partial charge in [-0.3, -0.25) is 14.4 Å². The van der Waals surface area contributed by atoms with E-state index in [0.717, 1.165) is 5.57 Å². The van der Waals surface area contributed by atoms with Crippen molar-refractivity contribution in [2.24, 2.45) is 40.4 Å². The zero-order chi connectivity index (χ0) is 28.3. The van der Waals surface area contributed by atoms with E-state index in [1.165, 1.54) is 0 Å². The molecule has 4 aliphatic rings.